The molecule has 20 heavy (non-hydrogen) atoms. The Morgan fingerprint density at radius 3 is 2.80 bits per heavy atom. The number of rotatable bonds is 8. The van der Waals surface area contributed by atoms with Crippen LogP contribution in [0.3, 0.4) is 0 Å². The Morgan fingerprint density at radius 2 is 2.15 bits per heavy atom. The maximum absolute atomic E-state index is 5.80. The maximum Gasteiger partial charge on any atom is 0.129 e. The average molecular weight is 292 g/mol. The van der Waals surface area contributed by atoms with Crippen LogP contribution < -0.4 is 10.5 Å². The van der Waals surface area contributed by atoms with Gasteiger partial charge in [0.1, 0.15) is 10.7 Å². The second-order valence-electron chi connectivity index (χ2n) is 5.62. The van der Waals surface area contributed by atoms with E-state index in [1.807, 2.05) is 24.3 Å². The zero-order chi connectivity index (χ0) is 14.4. The molecule has 1 fully saturated rings. The van der Waals surface area contributed by atoms with Crippen molar-refractivity contribution in [3.8, 4) is 5.75 Å². The fraction of sp³-hybridized carbons (Fsp3) is 0.562. The third-order valence-corrected chi connectivity index (χ3v) is 4.11. The minimum Gasteiger partial charge on any atom is -0.493 e. The lowest BCUT2D eigenvalue weighted by Gasteiger charge is -2.30. The number of para-hydroxylation sites is 1. The molecule has 110 valence electrons. The van der Waals surface area contributed by atoms with E-state index in [1.165, 1.54) is 25.8 Å². The van der Waals surface area contributed by atoms with Crippen molar-refractivity contribution in [3.05, 3.63) is 29.8 Å². The van der Waals surface area contributed by atoms with Crippen molar-refractivity contribution in [3.63, 3.8) is 0 Å². The molecule has 1 aromatic rings. The third kappa shape index (κ3) is 4.46. The molecule has 3 nitrogen and oxygen atoms in total. The minimum absolute atomic E-state index is 0.391. The van der Waals surface area contributed by atoms with E-state index in [0.29, 0.717) is 11.6 Å². The van der Waals surface area contributed by atoms with Gasteiger partial charge in [0.2, 0.25) is 0 Å². The second kappa shape index (κ2) is 7.60. The molecule has 4 heteroatoms. The largest absolute Gasteiger partial charge is 0.493 e. The summed E-state index contributed by atoms with van der Waals surface area (Å²) < 4.78 is 5.80. The number of hydrogen-bond donors (Lipinski definition) is 1. The normalized spacial score (nSPS) is 15.1. The fourth-order valence-electron chi connectivity index (χ4n) is 2.52. The van der Waals surface area contributed by atoms with E-state index in [-0.39, 0.29) is 0 Å². The van der Waals surface area contributed by atoms with Crippen molar-refractivity contribution >= 4 is 17.2 Å². The summed E-state index contributed by atoms with van der Waals surface area (Å²) in [4.78, 5) is 2.80. The highest BCUT2D eigenvalue weighted by Crippen LogP contribution is 2.26. The molecule has 0 unspecified atom stereocenters. The summed E-state index contributed by atoms with van der Waals surface area (Å²) in [5.74, 6) is 1.72. The first-order valence-corrected chi connectivity index (χ1v) is 7.78. The van der Waals surface area contributed by atoms with Crippen LogP contribution in [0, 0.1) is 5.92 Å². The van der Waals surface area contributed by atoms with E-state index < -0.39 is 0 Å². The smallest absolute Gasteiger partial charge is 0.129 e. The van der Waals surface area contributed by atoms with Crippen LogP contribution in [0.25, 0.3) is 0 Å². The van der Waals surface area contributed by atoms with Crippen LogP contribution in [0.4, 0.5) is 0 Å². The van der Waals surface area contributed by atoms with Crippen molar-refractivity contribution < 1.29 is 4.74 Å². The lowest BCUT2D eigenvalue weighted by atomic mass is 9.85. The monoisotopic (exact) mass is 292 g/mol. The maximum atomic E-state index is 5.80. The van der Waals surface area contributed by atoms with Gasteiger partial charge < -0.3 is 15.4 Å². The van der Waals surface area contributed by atoms with Gasteiger partial charge >= 0.3 is 0 Å². The summed E-state index contributed by atoms with van der Waals surface area (Å²) in [6.07, 6.45) is 5.25. The van der Waals surface area contributed by atoms with Crippen molar-refractivity contribution in [1.82, 2.24) is 4.90 Å². The Morgan fingerprint density at radius 1 is 1.40 bits per heavy atom. The predicted molar refractivity (Wildman–Crippen MR) is 87.3 cm³/mol. The fourth-order valence-corrected chi connectivity index (χ4v) is 2.69. The molecule has 1 saturated carbocycles. The highest BCUT2D eigenvalue weighted by Gasteiger charge is 2.18. The van der Waals surface area contributed by atoms with E-state index in [4.69, 9.17) is 22.7 Å². The van der Waals surface area contributed by atoms with Gasteiger partial charge in [-0.2, -0.15) is 0 Å². The highest BCUT2D eigenvalue weighted by molar-refractivity contribution is 7.80. The van der Waals surface area contributed by atoms with Gasteiger partial charge in [-0.3, -0.25) is 0 Å². The molecule has 0 aromatic heterocycles. The Balaban J connectivity index is 1.69. The summed E-state index contributed by atoms with van der Waals surface area (Å²) in [6, 6.07) is 7.69. The van der Waals surface area contributed by atoms with E-state index in [1.54, 1.807) is 0 Å². The molecule has 0 spiro atoms. The Kier molecular flexibility index (Phi) is 5.80. The van der Waals surface area contributed by atoms with Crippen LogP contribution in [-0.4, -0.2) is 36.6 Å². The van der Waals surface area contributed by atoms with Crippen molar-refractivity contribution in [2.45, 2.75) is 25.7 Å². The van der Waals surface area contributed by atoms with Crippen LogP contribution in [0.5, 0.6) is 5.75 Å². The topological polar surface area (TPSA) is 38.5 Å². The third-order valence-electron chi connectivity index (χ3n) is 3.89. The van der Waals surface area contributed by atoms with Crippen LogP contribution in [0.15, 0.2) is 24.3 Å². The van der Waals surface area contributed by atoms with Gasteiger partial charge in [-0.25, -0.2) is 0 Å². The summed E-state index contributed by atoms with van der Waals surface area (Å²) in [6.45, 7) is 3.00. The Labute approximate surface area is 127 Å². The first-order chi connectivity index (χ1) is 9.66. The summed E-state index contributed by atoms with van der Waals surface area (Å²) in [5, 5.41) is 0. The van der Waals surface area contributed by atoms with Gasteiger partial charge in [-0.15, -0.1) is 0 Å². The first-order valence-electron chi connectivity index (χ1n) is 7.37. The Bertz CT molecular complexity index is 446. The van der Waals surface area contributed by atoms with Gasteiger partial charge in [0, 0.05) is 13.1 Å². The molecule has 0 amide bonds. The predicted octanol–water partition coefficient (Wildman–Crippen LogP) is 2.82. The lowest BCUT2D eigenvalue weighted by molar-refractivity contribution is 0.192. The van der Waals surface area contributed by atoms with E-state index in [0.717, 1.165) is 30.2 Å². The molecule has 0 aliphatic heterocycles. The number of nitrogens with zero attached hydrogens (tertiary/aromatic N) is 1. The van der Waals surface area contributed by atoms with Crippen molar-refractivity contribution in [2.75, 3.05) is 26.7 Å². The number of hydrogen-bond acceptors (Lipinski definition) is 3. The van der Waals surface area contributed by atoms with Gasteiger partial charge in [0.15, 0.2) is 0 Å². The number of thiocarbonyl (C=S) groups is 1. The molecule has 1 aliphatic carbocycles. The van der Waals surface area contributed by atoms with Gasteiger partial charge in [-0.1, -0.05) is 30.8 Å². The SMILES string of the molecule is CN(CCCOc1ccccc1C(N)=S)CC1CCC1. The van der Waals surface area contributed by atoms with E-state index >= 15 is 0 Å². The molecule has 1 aromatic carbocycles. The van der Waals surface area contributed by atoms with Crippen LogP contribution in [0.2, 0.25) is 0 Å². The lowest BCUT2D eigenvalue weighted by Crippen LogP contribution is -2.30. The molecule has 0 atom stereocenters. The molecule has 0 radical (unpaired) electrons. The molecule has 0 heterocycles. The number of benzene rings is 1. The van der Waals surface area contributed by atoms with Crippen LogP contribution in [-0.2, 0) is 0 Å². The van der Waals surface area contributed by atoms with E-state index in [9.17, 15) is 0 Å². The van der Waals surface area contributed by atoms with E-state index in [2.05, 4.69) is 11.9 Å². The number of nitrogens with two attached hydrogens (primary N) is 1. The molecule has 2 rings (SSSR count). The zero-order valence-corrected chi connectivity index (χ0v) is 13.0. The molecular weight excluding hydrogens is 268 g/mol. The minimum atomic E-state index is 0.391. The van der Waals surface area contributed by atoms with Gasteiger partial charge in [0.05, 0.1) is 12.2 Å². The molecular formula is C16H24N2OS. The first kappa shape index (κ1) is 15.3. The van der Waals surface area contributed by atoms with Gasteiger partial charge in [0.25, 0.3) is 0 Å². The number of ether oxygens (including phenoxy) is 1. The molecule has 0 saturated heterocycles. The Hall–Kier alpha value is -1.13. The average Bonchev–Trinajstić information content (AvgIpc) is 2.39. The van der Waals surface area contributed by atoms with Crippen molar-refractivity contribution in [2.24, 2.45) is 11.7 Å². The standard InChI is InChI=1S/C16H24N2OS/c1-18(12-13-6-4-7-13)10-5-11-19-15-9-3-2-8-14(15)16(17)20/h2-3,8-9,13H,4-7,10-12H2,1H3,(H2,17,20). The van der Waals surface area contributed by atoms with Gasteiger partial charge in [-0.05, 0) is 44.4 Å². The second-order valence-corrected chi connectivity index (χ2v) is 6.06. The molecule has 1 aliphatic rings. The highest BCUT2D eigenvalue weighted by atomic mass is 32.1. The van der Waals surface area contributed by atoms with Crippen molar-refractivity contribution in [1.29, 1.82) is 0 Å². The quantitative estimate of drug-likeness (QED) is 0.591. The zero-order valence-electron chi connectivity index (χ0n) is 12.2. The van der Waals surface area contributed by atoms with Crippen LogP contribution in [0.1, 0.15) is 31.2 Å². The summed E-state index contributed by atoms with van der Waals surface area (Å²) >= 11 is 5.03. The summed E-state index contributed by atoms with van der Waals surface area (Å²) in [7, 11) is 2.20. The van der Waals surface area contributed by atoms with Crippen LogP contribution >= 0.6 is 12.2 Å². The molecule has 0 bridgehead atoms. The molecule has 2 N–H and O–H groups in total. The summed E-state index contributed by atoms with van der Waals surface area (Å²) in [5.41, 5.74) is 6.51.